The highest BCUT2D eigenvalue weighted by Gasteiger charge is 2.13. The number of amides is 2. The third-order valence-electron chi connectivity index (χ3n) is 3.54. The van der Waals surface area contributed by atoms with E-state index in [1.807, 2.05) is 6.07 Å². The van der Waals surface area contributed by atoms with Crippen LogP contribution in [0, 0.1) is 0 Å². The molecule has 2 N–H and O–H groups in total. The van der Waals surface area contributed by atoms with Crippen LogP contribution in [0.2, 0.25) is 5.02 Å². The molecule has 2 amide bonds. The predicted octanol–water partition coefficient (Wildman–Crippen LogP) is 2.97. The van der Waals surface area contributed by atoms with Crippen molar-refractivity contribution in [2.45, 2.75) is 0 Å². The van der Waals surface area contributed by atoms with Crippen LogP contribution in [0.3, 0.4) is 0 Å². The summed E-state index contributed by atoms with van der Waals surface area (Å²) in [7, 11) is 1.58. The van der Waals surface area contributed by atoms with Crippen LogP contribution in [0.15, 0.2) is 54.6 Å². The Morgan fingerprint density at radius 1 is 1.00 bits per heavy atom. The average molecular weight is 356 g/mol. The van der Waals surface area contributed by atoms with Crippen molar-refractivity contribution >= 4 is 34.3 Å². The molecular formula is C18H14ClN3O3. The topological polar surface area (TPSA) is 80.3 Å². The smallest absolute Gasteiger partial charge is 0.288 e. The van der Waals surface area contributed by atoms with Crippen molar-refractivity contribution < 1.29 is 14.3 Å². The van der Waals surface area contributed by atoms with E-state index < -0.39 is 11.8 Å². The minimum absolute atomic E-state index is 0.178. The number of rotatable bonds is 3. The van der Waals surface area contributed by atoms with Crippen LogP contribution >= 0.6 is 11.6 Å². The van der Waals surface area contributed by atoms with Gasteiger partial charge in [0.2, 0.25) is 0 Å². The summed E-state index contributed by atoms with van der Waals surface area (Å²) < 4.78 is 5.15. The number of fused-ring (bicyclic) bond motifs is 1. The highest BCUT2D eigenvalue weighted by Crippen LogP contribution is 2.19. The Bertz CT molecular complexity index is 959. The molecule has 1 aromatic heterocycles. The lowest BCUT2D eigenvalue weighted by molar-refractivity contribution is 0.0844. The zero-order valence-electron chi connectivity index (χ0n) is 13.2. The van der Waals surface area contributed by atoms with Crippen molar-refractivity contribution in [3.05, 3.63) is 70.9 Å². The highest BCUT2D eigenvalue weighted by molar-refractivity contribution is 6.33. The molecule has 2 aromatic carbocycles. The molecule has 0 aliphatic carbocycles. The van der Waals surface area contributed by atoms with E-state index in [4.69, 9.17) is 16.3 Å². The van der Waals surface area contributed by atoms with Gasteiger partial charge in [-0.3, -0.25) is 20.4 Å². The molecule has 3 rings (SSSR count). The SMILES string of the molecule is COc1ccc2nc(C(=O)NNC(=O)c3ccccc3Cl)ccc2c1. The second-order valence-corrected chi connectivity index (χ2v) is 5.55. The van der Waals surface area contributed by atoms with Gasteiger partial charge in [-0.15, -0.1) is 0 Å². The largest absolute Gasteiger partial charge is 0.497 e. The standard InChI is InChI=1S/C18H14ClN3O3/c1-25-12-7-9-15-11(10-12)6-8-16(20-15)18(24)22-21-17(23)13-4-2-3-5-14(13)19/h2-10H,1H3,(H,21,23)(H,22,24). The van der Waals surface area contributed by atoms with Crippen LogP contribution in [0.1, 0.15) is 20.8 Å². The van der Waals surface area contributed by atoms with Crippen LogP contribution in [0.4, 0.5) is 0 Å². The van der Waals surface area contributed by atoms with Gasteiger partial charge >= 0.3 is 0 Å². The molecule has 1 heterocycles. The average Bonchev–Trinajstić information content (AvgIpc) is 2.65. The van der Waals surface area contributed by atoms with Gasteiger partial charge in [0.15, 0.2) is 0 Å². The fourth-order valence-corrected chi connectivity index (χ4v) is 2.47. The molecule has 0 saturated carbocycles. The van der Waals surface area contributed by atoms with Gasteiger partial charge in [0.1, 0.15) is 11.4 Å². The molecule has 25 heavy (non-hydrogen) atoms. The molecule has 0 spiro atoms. The van der Waals surface area contributed by atoms with Gasteiger partial charge in [-0.1, -0.05) is 29.8 Å². The second-order valence-electron chi connectivity index (χ2n) is 5.14. The number of carbonyl (C=O) groups is 2. The van der Waals surface area contributed by atoms with Crippen molar-refractivity contribution in [2.24, 2.45) is 0 Å². The van der Waals surface area contributed by atoms with Gasteiger partial charge in [0.05, 0.1) is 23.2 Å². The summed E-state index contributed by atoms with van der Waals surface area (Å²) >= 11 is 5.95. The van der Waals surface area contributed by atoms with E-state index in [1.165, 1.54) is 0 Å². The monoisotopic (exact) mass is 355 g/mol. The third kappa shape index (κ3) is 3.70. The first-order chi connectivity index (χ1) is 12.1. The summed E-state index contributed by atoms with van der Waals surface area (Å²) in [5.41, 5.74) is 5.74. The van der Waals surface area contributed by atoms with Gasteiger partial charge < -0.3 is 4.74 Å². The fraction of sp³-hybridized carbons (Fsp3) is 0.0556. The van der Waals surface area contributed by atoms with E-state index in [1.54, 1.807) is 55.6 Å². The number of ether oxygens (including phenoxy) is 1. The molecule has 0 radical (unpaired) electrons. The Hall–Kier alpha value is -3.12. The number of nitrogens with one attached hydrogen (secondary N) is 2. The van der Waals surface area contributed by atoms with Crippen molar-refractivity contribution in [1.29, 1.82) is 0 Å². The molecule has 0 unspecified atom stereocenters. The zero-order valence-corrected chi connectivity index (χ0v) is 14.0. The van der Waals surface area contributed by atoms with E-state index in [9.17, 15) is 9.59 Å². The molecule has 0 aliphatic rings. The van der Waals surface area contributed by atoms with Crippen LogP contribution in [0.5, 0.6) is 5.75 Å². The molecule has 7 heteroatoms. The van der Waals surface area contributed by atoms with Crippen LogP contribution < -0.4 is 15.6 Å². The number of pyridine rings is 1. The number of hydrogen-bond acceptors (Lipinski definition) is 4. The Balaban J connectivity index is 1.72. The number of carbonyl (C=O) groups excluding carboxylic acids is 2. The number of methoxy groups -OCH3 is 1. The summed E-state index contributed by atoms with van der Waals surface area (Å²) in [6.07, 6.45) is 0. The molecule has 0 aliphatic heterocycles. The molecule has 0 fully saturated rings. The minimum Gasteiger partial charge on any atom is -0.497 e. The van der Waals surface area contributed by atoms with E-state index in [0.29, 0.717) is 16.3 Å². The molecular weight excluding hydrogens is 342 g/mol. The van der Waals surface area contributed by atoms with Crippen LogP contribution in [0.25, 0.3) is 10.9 Å². The maximum Gasteiger partial charge on any atom is 0.288 e. The Morgan fingerprint density at radius 2 is 1.76 bits per heavy atom. The van der Waals surface area contributed by atoms with Crippen molar-refractivity contribution in [3.8, 4) is 5.75 Å². The summed E-state index contributed by atoms with van der Waals surface area (Å²) in [5.74, 6) is -0.332. The number of halogens is 1. The summed E-state index contributed by atoms with van der Waals surface area (Å²) in [6.45, 7) is 0. The quantitative estimate of drug-likeness (QED) is 0.708. The summed E-state index contributed by atoms with van der Waals surface area (Å²) in [6, 6.07) is 15.2. The first-order valence-electron chi connectivity index (χ1n) is 7.38. The Kier molecular flexibility index (Phi) is 4.81. The molecule has 0 atom stereocenters. The molecule has 126 valence electrons. The van der Waals surface area contributed by atoms with Gasteiger partial charge in [-0.05, 0) is 36.4 Å². The lowest BCUT2D eigenvalue weighted by Crippen LogP contribution is -2.42. The van der Waals surface area contributed by atoms with E-state index in [2.05, 4.69) is 15.8 Å². The maximum absolute atomic E-state index is 12.2. The second kappa shape index (κ2) is 7.19. The first kappa shape index (κ1) is 16.7. The lowest BCUT2D eigenvalue weighted by atomic mass is 10.2. The number of aromatic nitrogens is 1. The molecule has 0 saturated heterocycles. The maximum atomic E-state index is 12.2. The number of hydrazine groups is 1. The zero-order chi connectivity index (χ0) is 17.8. The predicted molar refractivity (Wildman–Crippen MR) is 94.7 cm³/mol. The normalized spacial score (nSPS) is 10.3. The molecule has 6 nitrogen and oxygen atoms in total. The van der Waals surface area contributed by atoms with E-state index in [0.717, 1.165) is 5.39 Å². The van der Waals surface area contributed by atoms with Gasteiger partial charge in [-0.25, -0.2) is 4.98 Å². The van der Waals surface area contributed by atoms with Gasteiger partial charge in [0, 0.05) is 5.39 Å². The summed E-state index contributed by atoms with van der Waals surface area (Å²) in [5, 5.41) is 1.14. The highest BCUT2D eigenvalue weighted by atomic mass is 35.5. The number of benzene rings is 2. The summed E-state index contributed by atoms with van der Waals surface area (Å²) in [4.78, 5) is 28.5. The number of hydrogen-bond donors (Lipinski definition) is 2. The fourth-order valence-electron chi connectivity index (χ4n) is 2.25. The molecule has 3 aromatic rings. The minimum atomic E-state index is -0.530. The Labute approximate surface area is 148 Å². The molecule has 0 bridgehead atoms. The third-order valence-corrected chi connectivity index (χ3v) is 3.87. The van der Waals surface area contributed by atoms with Crippen molar-refractivity contribution in [2.75, 3.05) is 7.11 Å². The number of nitrogens with zero attached hydrogens (tertiary/aromatic N) is 1. The van der Waals surface area contributed by atoms with Crippen LogP contribution in [-0.4, -0.2) is 23.9 Å². The van der Waals surface area contributed by atoms with Crippen LogP contribution in [-0.2, 0) is 0 Å². The Morgan fingerprint density at radius 3 is 2.52 bits per heavy atom. The van der Waals surface area contributed by atoms with Gasteiger partial charge in [-0.2, -0.15) is 0 Å². The van der Waals surface area contributed by atoms with E-state index >= 15 is 0 Å². The van der Waals surface area contributed by atoms with E-state index in [-0.39, 0.29) is 11.3 Å². The first-order valence-corrected chi connectivity index (χ1v) is 7.76. The van der Waals surface area contributed by atoms with Gasteiger partial charge in [0.25, 0.3) is 11.8 Å². The van der Waals surface area contributed by atoms with Crippen molar-refractivity contribution in [3.63, 3.8) is 0 Å². The lowest BCUT2D eigenvalue weighted by Gasteiger charge is -2.09. The van der Waals surface area contributed by atoms with Crippen molar-refractivity contribution in [1.82, 2.24) is 15.8 Å².